The summed E-state index contributed by atoms with van der Waals surface area (Å²) in [4.78, 5) is 10.5. The lowest BCUT2D eigenvalue weighted by molar-refractivity contribution is -0.140. The summed E-state index contributed by atoms with van der Waals surface area (Å²) in [6, 6.07) is -0.287. The zero-order chi connectivity index (χ0) is 7.56. The molecule has 3 heteroatoms. The molecule has 0 spiro atoms. The van der Waals surface area contributed by atoms with Crippen LogP contribution in [0.4, 0.5) is 0 Å². The fourth-order valence-corrected chi connectivity index (χ4v) is 1.49. The second kappa shape index (κ2) is 3.01. The summed E-state index contributed by atoms with van der Waals surface area (Å²) in [6.45, 7) is 2.89. The van der Waals surface area contributed by atoms with Crippen LogP contribution in [0.2, 0.25) is 0 Å². The van der Waals surface area contributed by atoms with Crippen molar-refractivity contribution in [3.63, 3.8) is 0 Å². The molecule has 1 aliphatic heterocycles. The number of aliphatic carboxylic acids is 1. The van der Waals surface area contributed by atoms with Gasteiger partial charge in [0.05, 0.1) is 0 Å². The lowest BCUT2D eigenvalue weighted by Crippen LogP contribution is -2.35. The number of hydrogen-bond acceptors (Lipinski definition) is 2. The Bertz CT molecular complexity index is 136. The molecule has 0 aromatic carbocycles. The summed E-state index contributed by atoms with van der Waals surface area (Å²) < 4.78 is 0. The van der Waals surface area contributed by atoms with E-state index < -0.39 is 5.97 Å². The number of carboxylic acids is 1. The first-order chi connectivity index (χ1) is 4.75. The number of hydrogen-bond donors (Lipinski definition) is 2. The van der Waals surface area contributed by atoms with E-state index in [9.17, 15) is 4.79 Å². The van der Waals surface area contributed by atoms with Gasteiger partial charge in [0.1, 0.15) is 6.04 Å². The molecule has 1 rings (SSSR count). The van der Waals surface area contributed by atoms with Gasteiger partial charge in [0.15, 0.2) is 0 Å². The Morgan fingerprint density at radius 3 is 2.90 bits per heavy atom. The minimum Gasteiger partial charge on any atom is -0.480 e. The van der Waals surface area contributed by atoms with Gasteiger partial charge in [-0.2, -0.15) is 0 Å². The highest BCUT2D eigenvalue weighted by atomic mass is 16.4. The highest BCUT2D eigenvalue weighted by Crippen LogP contribution is 2.18. The number of carbonyl (C=O) groups is 1. The van der Waals surface area contributed by atoms with Gasteiger partial charge in [-0.1, -0.05) is 13.3 Å². The quantitative estimate of drug-likeness (QED) is 0.590. The molecule has 0 aromatic rings. The summed E-state index contributed by atoms with van der Waals surface area (Å²) in [5.74, 6) is -0.359. The van der Waals surface area contributed by atoms with Gasteiger partial charge in [-0.05, 0) is 18.9 Å². The zero-order valence-electron chi connectivity index (χ0n) is 6.13. The van der Waals surface area contributed by atoms with Crippen LogP contribution in [0.3, 0.4) is 0 Å². The van der Waals surface area contributed by atoms with Crippen molar-refractivity contribution < 1.29 is 9.90 Å². The van der Waals surface area contributed by atoms with E-state index >= 15 is 0 Å². The van der Waals surface area contributed by atoms with Gasteiger partial charge in [0.2, 0.25) is 0 Å². The number of rotatable bonds is 2. The summed E-state index contributed by atoms with van der Waals surface area (Å²) in [6.07, 6.45) is 1.97. The molecule has 0 bridgehead atoms. The van der Waals surface area contributed by atoms with E-state index in [1.807, 2.05) is 6.92 Å². The molecule has 0 amide bonds. The predicted octanol–water partition coefficient (Wildman–Crippen LogP) is 0.459. The van der Waals surface area contributed by atoms with Crippen LogP contribution in [-0.2, 0) is 4.79 Å². The molecule has 3 nitrogen and oxygen atoms in total. The first-order valence-electron chi connectivity index (χ1n) is 3.72. The van der Waals surface area contributed by atoms with E-state index in [4.69, 9.17) is 5.11 Å². The van der Waals surface area contributed by atoms with Crippen molar-refractivity contribution >= 4 is 5.97 Å². The van der Waals surface area contributed by atoms with Crippen LogP contribution in [0.25, 0.3) is 0 Å². The third kappa shape index (κ3) is 1.29. The van der Waals surface area contributed by atoms with Crippen LogP contribution in [0.1, 0.15) is 19.8 Å². The van der Waals surface area contributed by atoms with Crippen LogP contribution in [-0.4, -0.2) is 23.7 Å². The average molecular weight is 143 g/mol. The first-order valence-corrected chi connectivity index (χ1v) is 3.72. The van der Waals surface area contributed by atoms with Crippen LogP contribution >= 0.6 is 0 Å². The van der Waals surface area contributed by atoms with Crippen LogP contribution < -0.4 is 5.32 Å². The molecule has 1 saturated heterocycles. The SMILES string of the molecule is CCC1CCNC1C(=O)O. The van der Waals surface area contributed by atoms with Crippen molar-refractivity contribution in [1.29, 1.82) is 0 Å². The first kappa shape index (κ1) is 7.54. The maximum atomic E-state index is 10.5. The van der Waals surface area contributed by atoms with E-state index in [1.54, 1.807) is 0 Å². The van der Waals surface area contributed by atoms with E-state index in [1.165, 1.54) is 0 Å². The van der Waals surface area contributed by atoms with E-state index in [-0.39, 0.29) is 6.04 Å². The van der Waals surface area contributed by atoms with Crippen molar-refractivity contribution in [3.8, 4) is 0 Å². The van der Waals surface area contributed by atoms with E-state index in [0.717, 1.165) is 19.4 Å². The maximum Gasteiger partial charge on any atom is 0.320 e. The summed E-state index contributed by atoms with van der Waals surface area (Å²) in [7, 11) is 0. The van der Waals surface area contributed by atoms with Crippen LogP contribution in [0.5, 0.6) is 0 Å². The fraction of sp³-hybridized carbons (Fsp3) is 0.857. The Morgan fingerprint density at radius 2 is 2.50 bits per heavy atom. The third-order valence-electron chi connectivity index (χ3n) is 2.14. The highest BCUT2D eigenvalue weighted by Gasteiger charge is 2.30. The lowest BCUT2D eigenvalue weighted by atomic mass is 9.98. The summed E-state index contributed by atoms with van der Waals surface area (Å²) in [5, 5.41) is 11.6. The second-order valence-electron chi connectivity index (χ2n) is 2.73. The normalized spacial score (nSPS) is 32.5. The molecular weight excluding hydrogens is 130 g/mol. The van der Waals surface area contributed by atoms with Gasteiger partial charge in [-0.15, -0.1) is 0 Å². The molecular formula is C7H13NO2. The van der Waals surface area contributed by atoms with Crippen LogP contribution in [0.15, 0.2) is 0 Å². The molecule has 0 aliphatic carbocycles. The van der Waals surface area contributed by atoms with Gasteiger partial charge >= 0.3 is 5.97 Å². The van der Waals surface area contributed by atoms with Crippen molar-refractivity contribution in [2.75, 3.05) is 6.54 Å². The Balaban J connectivity index is 2.50. The van der Waals surface area contributed by atoms with Crippen molar-refractivity contribution in [3.05, 3.63) is 0 Å². The van der Waals surface area contributed by atoms with Crippen molar-refractivity contribution in [2.45, 2.75) is 25.8 Å². The van der Waals surface area contributed by atoms with Gasteiger partial charge in [0.25, 0.3) is 0 Å². The van der Waals surface area contributed by atoms with Gasteiger partial charge in [0, 0.05) is 0 Å². The molecule has 2 N–H and O–H groups in total. The molecule has 0 saturated carbocycles. The predicted molar refractivity (Wildman–Crippen MR) is 37.8 cm³/mol. The topological polar surface area (TPSA) is 49.3 Å². The molecule has 0 aromatic heterocycles. The van der Waals surface area contributed by atoms with Gasteiger partial charge in [-0.3, -0.25) is 4.79 Å². The van der Waals surface area contributed by atoms with Crippen molar-refractivity contribution in [2.24, 2.45) is 5.92 Å². The Morgan fingerprint density at radius 1 is 1.80 bits per heavy atom. The second-order valence-corrected chi connectivity index (χ2v) is 2.73. The molecule has 1 aliphatic rings. The lowest BCUT2D eigenvalue weighted by Gasteiger charge is -2.11. The van der Waals surface area contributed by atoms with Gasteiger partial charge < -0.3 is 10.4 Å². The summed E-state index contributed by atoms with van der Waals surface area (Å²) >= 11 is 0. The Labute approximate surface area is 60.4 Å². The smallest absolute Gasteiger partial charge is 0.320 e. The minimum absolute atomic E-state index is 0.287. The molecule has 2 atom stereocenters. The van der Waals surface area contributed by atoms with Crippen LogP contribution in [0, 0.1) is 5.92 Å². The zero-order valence-corrected chi connectivity index (χ0v) is 6.13. The Hall–Kier alpha value is -0.570. The highest BCUT2D eigenvalue weighted by molar-refractivity contribution is 5.74. The fourth-order valence-electron chi connectivity index (χ4n) is 1.49. The van der Waals surface area contributed by atoms with Gasteiger partial charge in [-0.25, -0.2) is 0 Å². The molecule has 1 heterocycles. The minimum atomic E-state index is -0.704. The molecule has 2 unspecified atom stereocenters. The third-order valence-corrected chi connectivity index (χ3v) is 2.14. The summed E-state index contributed by atoms with van der Waals surface area (Å²) in [5.41, 5.74) is 0. The molecule has 0 radical (unpaired) electrons. The molecule has 58 valence electrons. The number of carboxylic acid groups (broad SMARTS) is 1. The standard InChI is InChI=1S/C7H13NO2/c1-2-5-3-4-8-6(5)7(9)10/h5-6,8H,2-4H2,1H3,(H,9,10). The molecule has 10 heavy (non-hydrogen) atoms. The largest absolute Gasteiger partial charge is 0.480 e. The molecule has 1 fully saturated rings. The monoisotopic (exact) mass is 143 g/mol. The van der Waals surface area contributed by atoms with E-state index in [0.29, 0.717) is 5.92 Å². The number of nitrogens with one attached hydrogen (secondary N) is 1. The van der Waals surface area contributed by atoms with Crippen molar-refractivity contribution in [1.82, 2.24) is 5.32 Å². The maximum absolute atomic E-state index is 10.5. The van der Waals surface area contributed by atoms with E-state index in [2.05, 4.69) is 5.32 Å². The Kier molecular flexibility index (Phi) is 2.27. The average Bonchev–Trinajstić information content (AvgIpc) is 2.33.